The molecule has 1 N–H and O–H groups in total. The first-order chi connectivity index (χ1) is 7.77. The van der Waals surface area contributed by atoms with Crippen LogP contribution in [0.5, 0.6) is 0 Å². The summed E-state index contributed by atoms with van der Waals surface area (Å²) in [5.74, 6) is 0.237. The minimum atomic E-state index is -2.95. The Kier molecular flexibility index (Phi) is 7.02. The Labute approximate surface area is 107 Å². The van der Waals surface area contributed by atoms with Crippen LogP contribution in [0.4, 0.5) is 0 Å². The van der Waals surface area contributed by atoms with E-state index in [1.54, 1.807) is 13.8 Å². The summed E-state index contributed by atoms with van der Waals surface area (Å²) in [7, 11) is -2.95. The van der Waals surface area contributed by atoms with Crippen molar-refractivity contribution in [3.63, 3.8) is 0 Å². The summed E-state index contributed by atoms with van der Waals surface area (Å²) >= 11 is 0. The van der Waals surface area contributed by atoms with Crippen molar-refractivity contribution in [3.05, 3.63) is 12.7 Å². The lowest BCUT2D eigenvalue weighted by Gasteiger charge is -2.26. The van der Waals surface area contributed by atoms with E-state index in [0.717, 1.165) is 19.5 Å². The maximum absolute atomic E-state index is 11.8. The molecule has 0 saturated heterocycles. The number of nitrogens with one attached hydrogen (secondary N) is 1. The summed E-state index contributed by atoms with van der Waals surface area (Å²) in [4.78, 5) is 0. The molecule has 17 heavy (non-hydrogen) atoms. The van der Waals surface area contributed by atoms with Gasteiger partial charge in [-0.15, -0.1) is 6.58 Å². The Hall–Kier alpha value is -0.350. The van der Waals surface area contributed by atoms with Gasteiger partial charge in [-0.05, 0) is 38.6 Å². The molecule has 0 aliphatic heterocycles. The molecular weight excluding hydrogens is 234 g/mol. The van der Waals surface area contributed by atoms with Gasteiger partial charge < -0.3 is 5.32 Å². The number of hydrogen-bond donors (Lipinski definition) is 1. The van der Waals surface area contributed by atoms with E-state index >= 15 is 0 Å². The Morgan fingerprint density at radius 1 is 1.41 bits per heavy atom. The largest absolute Gasteiger partial charge is 0.316 e. The van der Waals surface area contributed by atoms with Gasteiger partial charge in [-0.3, -0.25) is 0 Å². The van der Waals surface area contributed by atoms with Crippen LogP contribution in [-0.2, 0) is 9.84 Å². The van der Waals surface area contributed by atoms with Crippen LogP contribution in [0.25, 0.3) is 0 Å². The van der Waals surface area contributed by atoms with Crippen molar-refractivity contribution in [3.8, 4) is 0 Å². The zero-order valence-corrected chi connectivity index (χ0v) is 12.4. The fourth-order valence-corrected chi connectivity index (χ4v) is 2.65. The topological polar surface area (TPSA) is 46.2 Å². The summed E-state index contributed by atoms with van der Waals surface area (Å²) in [6.45, 7) is 13.2. The molecule has 0 aromatic rings. The van der Waals surface area contributed by atoms with Crippen molar-refractivity contribution in [1.82, 2.24) is 5.32 Å². The van der Waals surface area contributed by atoms with Crippen LogP contribution in [0.2, 0.25) is 0 Å². The first kappa shape index (κ1) is 16.6. The second kappa shape index (κ2) is 7.17. The monoisotopic (exact) mass is 261 g/mol. The molecule has 4 heteroatoms. The van der Waals surface area contributed by atoms with Gasteiger partial charge in [0.25, 0.3) is 0 Å². The van der Waals surface area contributed by atoms with Gasteiger partial charge in [-0.25, -0.2) is 8.42 Å². The van der Waals surface area contributed by atoms with Crippen LogP contribution >= 0.6 is 0 Å². The van der Waals surface area contributed by atoms with Gasteiger partial charge in [0.2, 0.25) is 0 Å². The summed E-state index contributed by atoms with van der Waals surface area (Å²) in [5.41, 5.74) is -0.142. The molecule has 0 aromatic heterocycles. The minimum absolute atomic E-state index is 0.142. The van der Waals surface area contributed by atoms with Crippen molar-refractivity contribution in [1.29, 1.82) is 0 Å². The highest BCUT2D eigenvalue weighted by Crippen LogP contribution is 2.23. The third-order valence-corrected chi connectivity index (χ3v) is 5.33. The molecule has 0 amide bonds. The van der Waals surface area contributed by atoms with E-state index in [9.17, 15) is 8.42 Å². The molecular formula is C13H27NO2S. The van der Waals surface area contributed by atoms with Gasteiger partial charge in [-0.2, -0.15) is 0 Å². The maximum Gasteiger partial charge on any atom is 0.152 e. The molecule has 0 spiro atoms. The average Bonchev–Trinajstić information content (AvgIpc) is 2.27. The van der Waals surface area contributed by atoms with Gasteiger partial charge >= 0.3 is 0 Å². The molecule has 0 fully saturated rings. The van der Waals surface area contributed by atoms with Gasteiger partial charge in [0.1, 0.15) is 0 Å². The average molecular weight is 261 g/mol. The zero-order chi connectivity index (χ0) is 13.5. The Morgan fingerprint density at radius 3 is 2.41 bits per heavy atom. The standard InChI is InChI=1S/C13H27NO2S/c1-6-9-14-11-13(5,7-2)8-10-17(15,16)12(3)4/h7,12,14H,2,6,8-11H2,1,3-5H3. The fraction of sp³-hybridized carbons (Fsp3) is 0.846. The van der Waals surface area contributed by atoms with Crippen LogP contribution < -0.4 is 5.32 Å². The smallest absolute Gasteiger partial charge is 0.152 e. The maximum atomic E-state index is 11.8. The van der Waals surface area contributed by atoms with Crippen molar-refractivity contribution in [2.24, 2.45) is 5.41 Å². The molecule has 102 valence electrons. The van der Waals surface area contributed by atoms with E-state index in [1.807, 2.05) is 6.08 Å². The van der Waals surface area contributed by atoms with Gasteiger partial charge in [0, 0.05) is 6.54 Å². The molecule has 3 nitrogen and oxygen atoms in total. The summed E-state index contributed by atoms with van der Waals surface area (Å²) in [6, 6.07) is 0. The number of hydrogen-bond acceptors (Lipinski definition) is 3. The molecule has 0 saturated carbocycles. The van der Waals surface area contributed by atoms with Gasteiger partial charge in [0.05, 0.1) is 11.0 Å². The normalized spacial score (nSPS) is 15.8. The van der Waals surface area contributed by atoms with Crippen molar-refractivity contribution in [2.45, 2.75) is 45.8 Å². The molecule has 1 atom stereocenters. The first-order valence-electron chi connectivity index (χ1n) is 6.33. The number of rotatable bonds is 9. The quantitative estimate of drug-likeness (QED) is 0.512. The molecule has 0 bridgehead atoms. The highest BCUT2D eigenvalue weighted by atomic mass is 32.2. The molecule has 0 aromatic carbocycles. The van der Waals surface area contributed by atoms with E-state index in [1.165, 1.54) is 0 Å². The lowest BCUT2D eigenvalue weighted by atomic mass is 9.88. The minimum Gasteiger partial charge on any atom is -0.316 e. The third kappa shape index (κ3) is 6.22. The van der Waals surface area contributed by atoms with E-state index in [-0.39, 0.29) is 16.4 Å². The zero-order valence-electron chi connectivity index (χ0n) is 11.6. The first-order valence-corrected chi connectivity index (χ1v) is 8.05. The predicted octanol–water partition coefficient (Wildman–Crippen LogP) is 2.39. The van der Waals surface area contributed by atoms with Gasteiger partial charge in [0.15, 0.2) is 9.84 Å². The lowest BCUT2D eigenvalue weighted by Crippen LogP contribution is -2.33. The summed E-state index contributed by atoms with van der Waals surface area (Å²) < 4.78 is 23.5. The van der Waals surface area contributed by atoms with Crippen molar-refractivity contribution < 1.29 is 8.42 Å². The van der Waals surface area contributed by atoms with Crippen LogP contribution in [0.1, 0.15) is 40.5 Å². The molecule has 0 aliphatic rings. The van der Waals surface area contributed by atoms with Crippen molar-refractivity contribution in [2.75, 3.05) is 18.8 Å². The van der Waals surface area contributed by atoms with E-state index in [4.69, 9.17) is 0 Å². The van der Waals surface area contributed by atoms with E-state index < -0.39 is 9.84 Å². The molecule has 0 radical (unpaired) electrons. The SMILES string of the molecule is C=CC(C)(CCS(=O)(=O)C(C)C)CNCCC. The summed E-state index contributed by atoms with van der Waals surface area (Å²) in [6.07, 6.45) is 3.58. The second-order valence-electron chi connectivity index (χ2n) is 5.20. The summed E-state index contributed by atoms with van der Waals surface area (Å²) in [5, 5.41) is 3.03. The van der Waals surface area contributed by atoms with Crippen LogP contribution in [0, 0.1) is 5.41 Å². The predicted molar refractivity (Wildman–Crippen MR) is 75.0 cm³/mol. The number of sulfone groups is 1. The highest BCUT2D eigenvalue weighted by Gasteiger charge is 2.24. The molecule has 0 aliphatic carbocycles. The molecule has 0 rings (SSSR count). The Balaban J connectivity index is 4.35. The Bertz CT molecular complexity index is 322. The molecule has 0 heterocycles. The van der Waals surface area contributed by atoms with Crippen LogP contribution in [0.3, 0.4) is 0 Å². The van der Waals surface area contributed by atoms with Gasteiger partial charge in [-0.1, -0.05) is 19.9 Å². The third-order valence-electron chi connectivity index (χ3n) is 3.12. The lowest BCUT2D eigenvalue weighted by molar-refractivity contribution is 0.380. The fourth-order valence-electron chi connectivity index (χ4n) is 1.42. The van der Waals surface area contributed by atoms with Crippen LogP contribution in [-0.4, -0.2) is 32.5 Å². The van der Waals surface area contributed by atoms with E-state index in [0.29, 0.717) is 6.42 Å². The molecule has 1 unspecified atom stereocenters. The Morgan fingerprint density at radius 2 is 2.00 bits per heavy atom. The second-order valence-corrected chi connectivity index (χ2v) is 7.88. The van der Waals surface area contributed by atoms with Crippen molar-refractivity contribution >= 4 is 9.84 Å². The van der Waals surface area contributed by atoms with Crippen LogP contribution in [0.15, 0.2) is 12.7 Å². The highest BCUT2D eigenvalue weighted by molar-refractivity contribution is 7.91. The van der Waals surface area contributed by atoms with E-state index in [2.05, 4.69) is 25.7 Å².